The summed E-state index contributed by atoms with van der Waals surface area (Å²) in [6, 6.07) is 8.85. The van der Waals surface area contributed by atoms with Crippen LogP contribution in [0.15, 0.2) is 24.3 Å². The molecule has 0 amide bonds. The first-order valence-corrected chi connectivity index (χ1v) is 8.22. The van der Waals surface area contributed by atoms with Crippen LogP contribution in [0.4, 0.5) is 5.82 Å². The van der Waals surface area contributed by atoms with Crippen molar-refractivity contribution in [2.45, 2.75) is 19.4 Å². The Morgan fingerprint density at radius 2 is 2.31 bits per heavy atom. The number of nitrogens with zero attached hydrogens (tertiary/aromatic N) is 3. The van der Waals surface area contributed by atoms with Crippen LogP contribution >= 0.6 is 0 Å². The summed E-state index contributed by atoms with van der Waals surface area (Å²) in [4.78, 5) is 20.8. The topological polar surface area (TPSA) is 120 Å². The predicted molar refractivity (Wildman–Crippen MR) is 92.4 cm³/mol. The molecule has 1 fully saturated rings. The van der Waals surface area contributed by atoms with Gasteiger partial charge in [0.15, 0.2) is 11.4 Å². The van der Waals surface area contributed by atoms with Gasteiger partial charge in [-0.1, -0.05) is 12.1 Å². The zero-order valence-corrected chi connectivity index (χ0v) is 14.3. The summed E-state index contributed by atoms with van der Waals surface area (Å²) >= 11 is 0. The molecule has 2 heterocycles. The molecule has 1 saturated heterocycles. The van der Waals surface area contributed by atoms with E-state index in [1.807, 2.05) is 0 Å². The second-order valence-electron chi connectivity index (χ2n) is 5.63. The van der Waals surface area contributed by atoms with E-state index >= 15 is 0 Å². The number of carbonyl (C=O) groups is 1. The normalized spacial score (nSPS) is 16.1. The monoisotopic (exact) mass is 354 g/mol. The first-order chi connectivity index (χ1) is 12.6. The number of anilines is 1. The second-order valence-corrected chi connectivity index (χ2v) is 5.63. The van der Waals surface area contributed by atoms with Gasteiger partial charge in [-0.15, -0.1) is 0 Å². The number of hydrogen-bond donors (Lipinski definition) is 1. The molecule has 3 rings (SSSR count). The molecule has 0 radical (unpaired) electrons. The van der Waals surface area contributed by atoms with E-state index in [-0.39, 0.29) is 35.8 Å². The van der Waals surface area contributed by atoms with E-state index in [1.165, 1.54) is 0 Å². The lowest BCUT2D eigenvalue weighted by Crippen LogP contribution is -2.21. The van der Waals surface area contributed by atoms with Gasteiger partial charge < -0.3 is 19.9 Å². The Labute approximate surface area is 150 Å². The Hall–Kier alpha value is -3.18. The molecule has 1 aliphatic rings. The number of aromatic nitrogens is 2. The Bertz CT molecular complexity index is 857. The summed E-state index contributed by atoms with van der Waals surface area (Å²) < 4.78 is 16.2. The number of carbonyl (C=O) groups excluding carboxylic acids is 1. The predicted octanol–water partition coefficient (Wildman–Crippen LogP) is 1.94. The number of nitrogens with two attached hydrogens (primary N) is 1. The fourth-order valence-corrected chi connectivity index (χ4v) is 2.56. The third-order valence-electron chi connectivity index (χ3n) is 3.80. The van der Waals surface area contributed by atoms with Gasteiger partial charge >= 0.3 is 5.97 Å². The van der Waals surface area contributed by atoms with Crippen LogP contribution in [0.5, 0.6) is 5.88 Å². The number of rotatable bonds is 5. The van der Waals surface area contributed by atoms with Crippen LogP contribution in [0, 0.1) is 11.3 Å². The lowest BCUT2D eigenvalue weighted by atomic mass is 10.1. The fraction of sp³-hybridized carbons (Fsp3) is 0.333. The van der Waals surface area contributed by atoms with Gasteiger partial charge in [0.05, 0.1) is 31.5 Å². The van der Waals surface area contributed by atoms with Gasteiger partial charge in [-0.3, -0.25) is 0 Å². The average Bonchev–Trinajstić information content (AvgIpc) is 3.14. The van der Waals surface area contributed by atoms with Crippen LogP contribution in [0.25, 0.3) is 11.4 Å². The van der Waals surface area contributed by atoms with E-state index in [0.717, 1.165) is 0 Å². The fourth-order valence-electron chi connectivity index (χ4n) is 2.56. The van der Waals surface area contributed by atoms with Crippen LogP contribution in [0.1, 0.15) is 29.3 Å². The summed E-state index contributed by atoms with van der Waals surface area (Å²) in [5, 5.41) is 9.07. The maximum Gasteiger partial charge on any atom is 0.347 e. The van der Waals surface area contributed by atoms with E-state index in [4.69, 9.17) is 25.2 Å². The zero-order valence-electron chi connectivity index (χ0n) is 14.3. The maximum atomic E-state index is 12.3. The van der Waals surface area contributed by atoms with Gasteiger partial charge in [0.2, 0.25) is 5.88 Å². The summed E-state index contributed by atoms with van der Waals surface area (Å²) in [5.74, 6) is -0.355. The Morgan fingerprint density at radius 1 is 1.46 bits per heavy atom. The molecule has 2 aromatic rings. The van der Waals surface area contributed by atoms with Crippen LogP contribution in [-0.4, -0.2) is 41.9 Å². The standard InChI is InChI=1S/C18H18N4O4/c1-2-25-18(23)14-15(20)21-16(12-5-3-4-11(8-12)9-19)22-17(14)26-13-6-7-24-10-13/h3-5,8,13H,2,6-7,10H2,1H3,(H2,20,21,22)/t13-/m0/s1. The van der Waals surface area contributed by atoms with Gasteiger partial charge in [-0.2, -0.15) is 10.2 Å². The molecule has 1 aliphatic heterocycles. The molecule has 2 N–H and O–H groups in total. The number of nitriles is 1. The molecule has 8 heteroatoms. The molecular weight excluding hydrogens is 336 g/mol. The van der Waals surface area contributed by atoms with Crippen molar-refractivity contribution in [3.63, 3.8) is 0 Å². The summed E-state index contributed by atoms with van der Waals surface area (Å²) in [7, 11) is 0. The highest BCUT2D eigenvalue weighted by Gasteiger charge is 2.26. The molecule has 1 aromatic heterocycles. The van der Waals surface area contributed by atoms with E-state index in [0.29, 0.717) is 30.8 Å². The van der Waals surface area contributed by atoms with Gasteiger partial charge in [-0.05, 0) is 19.1 Å². The third kappa shape index (κ3) is 3.73. The van der Waals surface area contributed by atoms with Crippen molar-refractivity contribution in [2.24, 2.45) is 0 Å². The molecule has 0 aliphatic carbocycles. The SMILES string of the molecule is CCOC(=O)c1c(N)nc(-c2cccc(C#N)c2)nc1O[C@H]1CCOC1. The minimum atomic E-state index is -0.642. The molecule has 134 valence electrons. The van der Waals surface area contributed by atoms with Crippen molar-refractivity contribution >= 4 is 11.8 Å². The molecule has 0 bridgehead atoms. The van der Waals surface area contributed by atoms with E-state index in [2.05, 4.69) is 16.0 Å². The van der Waals surface area contributed by atoms with Crippen LogP contribution < -0.4 is 10.5 Å². The Morgan fingerprint density at radius 3 is 3.00 bits per heavy atom. The van der Waals surface area contributed by atoms with Gasteiger partial charge in [0.25, 0.3) is 0 Å². The quantitative estimate of drug-likeness (QED) is 0.809. The largest absolute Gasteiger partial charge is 0.471 e. The van der Waals surface area contributed by atoms with Crippen molar-refractivity contribution in [3.05, 3.63) is 35.4 Å². The van der Waals surface area contributed by atoms with Gasteiger partial charge in [0, 0.05) is 12.0 Å². The van der Waals surface area contributed by atoms with Crippen molar-refractivity contribution in [1.82, 2.24) is 9.97 Å². The number of hydrogen-bond acceptors (Lipinski definition) is 8. The average molecular weight is 354 g/mol. The molecular formula is C18H18N4O4. The number of esters is 1. The van der Waals surface area contributed by atoms with Crippen molar-refractivity contribution < 1.29 is 19.0 Å². The number of nitrogen functional groups attached to an aromatic ring is 1. The smallest absolute Gasteiger partial charge is 0.347 e. The first kappa shape index (κ1) is 17.6. The van der Waals surface area contributed by atoms with Crippen molar-refractivity contribution in [3.8, 4) is 23.3 Å². The van der Waals surface area contributed by atoms with Gasteiger partial charge in [-0.25, -0.2) is 9.78 Å². The molecule has 0 unspecified atom stereocenters. The Kier molecular flexibility index (Phi) is 5.29. The highest BCUT2D eigenvalue weighted by atomic mass is 16.6. The van der Waals surface area contributed by atoms with Crippen molar-refractivity contribution in [2.75, 3.05) is 25.6 Å². The zero-order chi connectivity index (χ0) is 18.5. The summed E-state index contributed by atoms with van der Waals surface area (Å²) in [5.41, 5.74) is 7.07. The van der Waals surface area contributed by atoms with E-state index < -0.39 is 5.97 Å². The minimum Gasteiger partial charge on any atom is -0.471 e. The lowest BCUT2D eigenvalue weighted by Gasteiger charge is -2.16. The van der Waals surface area contributed by atoms with Gasteiger partial charge in [0.1, 0.15) is 11.9 Å². The van der Waals surface area contributed by atoms with E-state index in [9.17, 15) is 4.79 Å². The highest BCUT2D eigenvalue weighted by Crippen LogP contribution is 2.28. The molecule has 8 nitrogen and oxygen atoms in total. The highest BCUT2D eigenvalue weighted by molar-refractivity contribution is 5.97. The molecule has 0 spiro atoms. The molecule has 1 aromatic carbocycles. The van der Waals surface area contributed by atoms with Crippen LogP contribution in [-0.2, 0) is 9.47 Å². The third-order valence-corrected chi connectivity index (χ3v) is 3.80. The van der Waals surface area contributed by atoms with Crippen LogP contribution in [0.3, 0.4) is 0 Å². The first-order valence-electron chi connectivity index (χ1n) is 8.22. The maximum absolute atomic E-state index is 12.3. The molecule has 26 heavy (non-hydrogen) atoms. The number of benzene rings is 1. The van der Waals surface area contributed by atoms with E-state index in [1.54, 1.807) is 31.2 Å². The number of ether oxygens (including phenoxy) is 3. The summed E-state index contributed by atoms with van der Waals surface area (Å²) in [6.45, 7) is 2.88. The molecule has 1 atom stereocenters. The lowest BCUT2D eigenvalue weighted by molar-refractivity contribution is 0.0517. The molecule has 0 saturated carbocycles. The van der Waals surface area contributed by atoms with Crippen LogP contribution in [0.2, 0.25) is 0 Å². The Balaban J connectivity index is 2.05. The minimum absolute atomic E-state index is 0.000984. The summed E-state index contributed by atoms with van der Waals surface area (Å²) in [6.07, 6.45) is 0.460. The second kappa shape index (κ2) is 7.80. The van der Waals surface area contributed by atoms with Crippen molar-refractivity contribution in [1.29, 1.82) is 5.26 Å².